The molecule has 172 valence electrons. The molecule has 0 heterocycles. The van der Waals surface area contributed by atoms with E-state index in [1.165, 1.54) is 13.8 Å². The average molecular weight is 537 g/mol. The van der Waals surface area contributed by atoms with Gasteiger partial charge in [0.2, 0.25) is 0 Å². The molecule has 31 heavy (non-hydrogen) atoms. The number of rotatable bonds is 12. The van der Waals surface area contributed by atoms with E-state index in [2.05, 4.69) is 15.9 Å². The fraction of sp³-hybridized carbons (Fsp3) is 0.400. The van der Waals surface area contributed by atoms with E-state index in [0.29, 0.717) is 11.1 Å². The standard InChI is InChI=1S/C20H27BrO8P2/c1-15(22)19(21)30(24,25)29-16(2)20(23)31(26,27-13-17-9-5-3-6-10-17)28-14-18-11-7-4-8-12-18/h3-12,15-16,19-20,22-23H,13-14H2,1-2H3,(H,24,25)/t15?,16-,19?,20-/m1/s1. The lowest BCUT2D eigenvalue weighted by Gasteiger charge is -2.30. The second-order valence-corrected chi connectivity index (χ2v) is 12.7. The molecule has 0 saturated heterocycles. The molecule has 8 nitrogen and oxygen atoms in total. The average Bonchev–Trinajstić information content (AvgIpc) is 2.76. The first-order valence-electron chi connectivity index (χ1n) is 9.53. The Morgan fingerprint density at radius 1 is 0.871 bits per heavy atom. The Morgan fingerprint density at radius 2 is 1.29 bits per heavy atom. The van der Waals surface area contributed by atoms with Crippen molar-refractivity contribution in [2.24, 2.45) is 0 Å². The summed E-state index contributed by atoms with van der Waals surface area (Å²) in [4.78, 5) is 10.1. The van der Waals surface area contributed by atoms with Crippen LogP contribution in [0.3, 0.4) is 0 Å². The second-order valence-electron chi connectivity index (χ2n) is 6.96. The van der Waals surface area contributed by atoms with Crippen LogP contribution in [-0.4, -0.2) is 37.7 Å². The fourth-order valence-corrected chi connectivity index (χ4v) is 5.80. The fourth-order valence-electron chi connectivity index (χ4n) is 2.55. The molecule has 5 atom stereocenters. The molecule has 2 aromatic carbocycles. The van der Waals surface area contributed by atoms with Crippen molar-refractivity contribution in [2.75, 3.05) is 0 Å². The Hall–Kier alpha value is -0.860. The monoisotopic (exact) mass is 536 g/mol. The Balaban J connectivity index is 2.18. The second kappa shape index (κ2) is 11.8. The number of hydrogen-bond acceptors (Lipinski definition) is 7. The number of aliphatic hydroxyl groups excluding tert-OH is 2. The van der Waals surface area contributed by atoms with Crippen molar-refractivity contribution >= 4 is 31.1 Å². The molecule has 0 spiro atoms. The lowest BCUT2D eigenvalue weighted by molar-refractivity contribution is 0.0519. The summed E-state index contributed by atoms with van der Waals surface area (Å²) in [5, 5.41) is 20.3. The van der Waals surface area contributed by atoms with Crippen LogP contribution in [0.1, 0.15) is 25.0 Å². The molecule has 11 heteroatoms. The molecular weight excluding hydrogens is 510 g/mol. The van der Waals surface area contributed by atoms with E-state index in [4.69, 9.17) is 13.6 Å². The van der Waals surface area contributed by atoms with E-state index in [0.717, 1.165) is 0 Å². The first-order chi connectivity index (χ1) is 14.5. The number of aliphatic hydroxyl groups is 2. The summed E-state index contributed by atoms with van der Waals surface area (Å²) in [6, 6.07) is 17.8. The molecule has 2 rings (SSSR count). The molecule has 0 aliphatic carbocycles. The zero-order valence-corrected chi connectivity index (χ0v) is 20.5. The highest BCUT2D eigenvalue weighted by molar-refractivity contribution is 9.10. The Labute approximate surface area is 190 Å². The maximum absolute atomic E-state index is 13.5. The third-order valence-electron chi connectivity index (χ3n) is 4.28. The van der Waals surface area contributed by atoms with Gasteiger partial charge in [-0.1, -0.05) is 76.6 Å². The van der Waals surface area contributed by atoms with Crippen LogP contribution in [0, 0.1) is 0 Å². The summed E-state index contributed by atoms with van der Waals surface area (Å²) in [6.07, 6.45) is -2.59. The Bertz CT molecular complexity index is 849. The molecule has 0 aliphatic heterocycles. The van der Waals surface area contributed by atoms with Gasteiger partial charge >= 0.3 is 15.2 Å². The highest BCUT2D eigenvalue weighted by Gasteiger charge is 2.44. The van der Waals surface area contributed by atoms with Gasteiger partial charge in [0.1, 0.15) is 10.7 Å². The largest absolute Gasteiger partial charge is 0.392 e. The van der Waals surface area contributed by atoms with Crippen LogP contribution >= 0.6 is 31.1 Å². The highest BCUT2D eigenvalue weighted by atomic mass is 79.9. The maximum atomic E-state index is 13.5. The van der Waals surface area contributed by atoms with Crippen molar-refractivity contribution in [1.29, 1.82) is 0 Å². The summed E-state index contributed by atoms with van der Waals surface area (Å²) in [5.74, 6) is -1.85. The lowest BCUT2D eigenvalue weighted by atomic mass is 10.2. The van der Waals surface area contributed by atoms with Crippen molar-refractivity contribution in [3.8, 4) is 0 Å². The van der Waals surface area contributed by atoms with Gasteiger partial charge in [0.15, 0.2) is 5.85 Å². The highest BCUT2D eigenvalue weighted by Crippen LogP contribution is 2.59. The molecule has 3 N–H and O–H groups in total. The van der Waals surface area contributed by atoms with Crippen molar-refractivity contribution in [2.45, 2.75) is 49.7 Å². The molecule has 0 fully saturated rings. The van der Waals surface area contributed by atoms with Crippen molar-refractivity contribution in [1.82, 2.24) is 0 Å². The summed E-state index contributed by atoms with van der Waals surface area (Å²) < 4.78 is 40.7. The van der Waals surface area contributed by atoms with E-state index in [1.807, 2.05) is 12.1 Å². The Morgan fingerprint density at radius 3 is 1.68 bits per heavy atom. The van der Waals surface area contributed by atoms with Gasteiger partial charge in [-0.3, -0.25) is 9.13 Å². The molecule has 0 aliphatic rings. The molecule has 0 radical (unpaired) electrons. The molecular formula is C20H27BrO8P2. The van der Waals surface area contributed by atoms with Crippen molar-refractivity contribution < 1.29 is 37.8 Å². The zero-order valence-electron chi connectivity index (χ0n) is 17.2. The van der Waals surface area contributed by atoms with Crippen LogP contribution in [0.15, 0.2) is 60.7 Å². The zero-order chi connectivity index (χ0) is 23.1. The summed E-state index contributed by atoms with van der Waals surface area (Å²) in [7, 11) is -8.62. The predicted octanol–water partition coefficient (Wildman–Crippen LogP) is 4.62. The van der Waals surface area contributed by atoms with Crippen molar-refractivity contribution in [3.05, 3.63) is 71.8 Å². The van der Waals surface area contributed by atoms with Crippen LogP contribution < -0.4 is 0 Å². The van der Waals surface area contributed by atoms with Gasteiger partial charge in [-0.05, 0) is 25.0 Å². The third-order valence-corrected chi connectivity index (χ3v) is 10.3. The third kappa shape index (κ3) is 7.90. The quantitative estimate of drug-likeness (QED) is 0.265. The van der Waals surface area contributed by atoms with E-state index in [1.54, 1.807) is 48.5 Å². The SMILES string of the molecule is CC(O)C(Br)P(=O)(O)O[C@H](C)[C@H](O)P(=O)(OCc1ccccc1)OCc1ccccc1. The minimum absolute atomic E-state index is 0.109. The summed E-state index contributed by atoms with van der Waals surface area (Å²) >= 11 is 2.91. The summed E-state index contributed by atoms with van der Waals surface area (Å²) in [6.45, 7) is 2.37. The topological polar surface area (TPSA) is 123 Å². The first kappa shape index (κ1) is 26.4. The van der Waals surface area contributed by atoms with Crippen LogP contribution in [0.4, 0.5) is 0 Å². The van der Waals surface area contributed by atoms with Crippen molar-refractivity contribution in [3.63, 3.8) is 0 Å². The number of benzene rings is 2. The van der Waals surface area contributed by atoms with Gasteiger partial charge < -0.3 is 28.7 Å². The van der Waals surface area contributed by atoms with E-state index >= 15 is 0 Å². The normalized spacial score (nSPS) is 18.0. The van der Waals surface area contributed by atoms with E-state index in [-0.39, 0.29) is 13.2 Å². The van der Waals surface area contributed by atoms with Gasteiger partial charge in [0, 0.05) is 0 Å². The summed E-state index contributed by atoms with van der Waals surface area (Å²) in [5.41, 5.74) is 1.41. The van der Waals surface area contributed by atoms with E-state index in [9.17, 15) is 24.2 Å². The van der Waals surface area contributed by atoms with Crippen LogP contribution in [-0.2, 0) is 35.9 Å². The first-order valence-corrected chi connectivity index (χ1v) is 13.7. The van der Waals surface area contributed by atoms with Gasteiger partial charge in [-0.2, -0.15) is 0 Å². The number of hydrogen-bond donors (Lipinski definition) is 3. The lowest BCUT2D eigenvalue weighted by Crippen LogP contribution is -2.29. The molecule has 0 aromatic heterocycles. The Kier molecular flexibility index (Phi) is 10.1. The number of alkyl halides is 1. The molecule has 0 saturated carbocycles. The molecule has 3 unspecified atom stereocenters. The maximum Gasteiger partial charge on any atom is 0.362 e. The van der Waals surface area contributed by atoms with Gasteiger partial charge in [0.05, 0.1) is 19.3 Å². The molecule has 0 amide bonds. The van der Waals surface area contributed by atoms with Crippen LogP contribution in [0.25, 0.3) is 0 Å². The minimum Gasteiger partial charge on any atom is -0.392 e. The smallest absolute Gasteiger partial charge is 0.362 e. The van der Waals surface area contributed by atoms with Gasteiger partial charge in [0.25, 0.3) is 0 Å². The van der Waals surface area contributed by atoms with Gasteiger partial charge in [-0.15, -0.1) is 0 Å². The van der Waals surface area contributed by atoms with Gasteiger partial charge in [-0.25, -0.2) is 0 Å². The predicted molar refractivity (Wildman–Crippen MR) is 121 cm³/mol. The number of halogens is 1. The van der Waals surface area contributed by atoms with E-state index < -0.39 is 37.8 Å². The van der Waals surface area contributed by atoms with Crippen LogP contribution in [0.5, 0.6) is 0 Å². The minimum atomic E-state index is -4.40. The molecule has 0 bridgehead atoms. The van der Waals surface area contributed by atoms with Crippen LogP contribution in [0.2, 0.25) is 0 Å². The molecule has 2 aromatic rings.